The molecule has 0 heterocycles. The van der Waals surface area contributed by atoms with E-state index in [0.717, 1.165) is 12.1 Å². The lowest BCUT2D eigenvalue weighted by Crippen LogP contribution is -2.31. The van der Waals surface area contributed by atoms with E-state index in [1.54, 1.807) is 11.6 Å². The molecule has 0 aliphatic carbocycles. The second-order valence-corrected chi connectivity index (χ2v) is 5.55. The molecule has 1 N–H and O–H groups in total. The molecular weight excluding hydrogens is 292 g/mol. The van der Waals surface area contributed by atoms with E-state index in [1.807, 2.05) is 0 Å². The van der Waals surface area contributed by atoms with Crippen LogP contribution in [0.15, 0.2) is 23.1 Å². The Kier molecular flexibility index (Phi) is 6.03. The molecule has 5 nitrogen and oxygen atoms in total. The number of amides is 1. The van der Waals surface area contributed by atoms with Crippen LogP contribution in [0.2, 0.25) is 0 Å². The van der Waals surface area contributed by atoms with E-state index in [0.29, 0.717) is 25.7 Å². The molecule has 112 valence electrons. The molecule has 0 unspecified atom stereocenters. The van der Waals surface area contributed by atoms with Crippen LogP contribution in [-0.4, -0.2) is 27.5 Å². The van der Waals surface area contributed by atoms with E-state index in [9.17, 15) is 22.0 Å². The second kappa shape index (κ2) is 7.30. The van der Waals surface area contributed by atoms with Gasteiger partial charge in [-0.05, 0) is 25.5 Å². The largest absolute Gasteiger partial charge is 0.382 e. The summed E-state index contributed by atoms with van der Waals surface area (Å²) in [7, 11) is -4.33. The minimum Gasteiger partial charge on any atom is -0.382 e. The number of rotatable bonds is 7. The predicted octanol–water partition coefficient (Wildman–Crippen LogP) is 1.59. The third-order valence-corrected chi connectivity index (χ3v) is 3.73. The number of ether oxygens (including phenoxy) is 1. The molecule has 20 heavy (non-hydrogen) atoms. The highest BCUT2D eigenvalue weighted by molar-refractivity contribution is 7.90. The van der Waals surface area contributed by atoms with Crippen molar-refractivity contribution in [3.05, 3.63) is 29.8 Å². The average molecular weight is 307 g/mol. The van der Waals surface area contributed by atoms with Gasteiger partial charge in [0.1, 0.15) is 16.5 Å². The lowest BCUT2D eigenvalue weighted by atomic mass is 10.3. The zero-order valence-electron chi connectivity index (χ0n) is 10.9. The van der Waals surface area contributed by atoms with Crippen LogP contribution in [0.25, 0.3) is 0 Å². The van der Waals surface area contributed by atoms with Crippen LogP contribution in [0.1, 0.15) is 19.8 Å². The highest BCUT2D eigenvalue weighted by Crippen LogP contribution is 2.15. The number of sulfonamides is 1. The van der Waals surface area contributed by atoms with Gasteiger partial charge in [0.2, 0.25) is 5.91 Å². The number of carbonyl (C=O) groups is 1. The molecule has 0 fully saturated rings. The highest BCUT2D eigenvalue weighted by atomic mass is 32.2. The van der Waals surface area contributed by atoms with Crippen LogP contribution >= 0.6 is 0 Å². The lowest BCUT2D eigenvalue weighted by molar-refractivity contribution is -0.119. The van der Waals surface area contributed by atoms with Crippen LogP contribution in [-0.2, 0) is 19.6 Å². The van der Waals surface area contributed by atoms with Gasteiger partial charge in [-0.25, -0.2) is 21.9 Å². The summed E-state index contributed by atoms with van der Waals surface area (Å²) in [6, 6.07) is 2.01. The Bertz CT molecular complexity index is 575. The summed E-state index contributed by atoms with van der Waals surface area (Å²) < 4.78 is 56.3. The number of hydrogen-bond acceptors (Lipinski definition) is 4. The number of carbonyl (C=O) groups excluding carboxylic acids is 1. The first kappa shape index (κ1) is 16.5. The summed E-state index contributed by atoms with van der Waals surface area (Å²) in [4.78, 5) is 10.7. The summed E-state index contributed by atoms with van der Waals surface area (Å²) in [6.07, 6.45) is 0.281. The van der Waals surface area contributed by atoms with Crippen LogP contribution in [0.5, 0.6) is 0 Å². The van der Waals surface area contributed by atoms with E-state index >= 15 is 0 Å². The van der Waals surface area contributed by atoms with Crippen molar-refractivity contribution in [2.45, 2.75) is 24.7 Å². The molecular formula is C12H15F2NO4S. The molecule has 0 aromatic heterocycles. The summed E-state index contributed by atoms with van der Waals surface area (Å²) in [5.74, 6) is -2.92. The molecule has 8 heteroatoms. The maximum atomic E-state index is 13.4. The third kappa shape index (κ3) is 4.86. The van der Waals surface area contributed by atoms with E-state index in [-0.39, 0.29) is 6.42 Å². The Hall–Kier alpha value is -1.54. The van der Waals surface area contributed by atoms with Gasteiger partial charge in [-0.2, -0.15) is 0 Å². The Morgan fingerprint density at radius 1 is 1.35 bits per heavy atom. The molecule has 0 aliphatic heterocycles. The van der Waals surface area contributed by atoms with Crippen molar-refractivity contribution in [1.29, 1.82) is 0 Å². The Balaban J connectivity index is 2.67. The van der Waals surface area contributed by atoms with Crippen molar-refractivity contribution < 1.29 is 26.7 Å². The number of hydrogen-bond donors (Lipinski definition) is 1. The van der Waals surface area contributed by atoms with Gasteiger partial charge in [-0.15, -0.1) is 0 Å². The molecule has 0 saturated carbocycles. The van der Waals surface area contributed by atoms with E-state index in [2.05, 4.69) is 0 Å². The van der Waals surface area contributed by atoms with Gasteiger partial charge in [0.25, 0.3) is 10.0 Å². The fourth-order valence-corrected chi connectivity index (χ4v) is 2.50. The SMILES string of the molecule is CCOCCCC(=O)NS(=O)(=O)c1ccc(F)cc1F. The van der Waals surface area contributed by atoms with Crippen molar-refractivity contribution >= 4 is 15.9 Å². The van der Waals surface area contributed by atoms with Gasteiger partial charge < -0.3 is 4.74 Å². The predicted molar refractivity (Wildman–Crippen MR) is 67.4 cm³/mol. The molecule has 1 aromatic carbocycles. The van der Waals surface area contributed by atoms with Crippen molar-refractivity contribution in [3.8, 4) is 0 Å². The lowest BCUT2D eigenvalue weighted by Gasteiger charge is -2.08. The zero-order chi connectivity index (χ0) is 15.2. The van der Waals surface area contributed by atoms with Crippen LogP contribution in [0, 0.1) is 11.6 Å². The average Bonchev–Trinajstić information content (AvgIpc) is 2.33. The van der Waals surface area contributed by atoms with E-state index < -0.39 is 32.5 Å². The fraction of sp³-hybridized carbons (Fsp3) is 0.417. The maximum absolute atomic E-state index is 13.4. The highest BCUT2D eigenvalue weighted by Gasteiger charge is 2.21. The van der Waals surface area contributed by atoms with Crippen LogP contribution < -0.4 is 4.72 Å². The molecule has 1 amide bonds. The van der Waals surface area contributed by atoms with Crippen molar-refractivity contribution in [1.82, 2.24) is 4.72 Å². The molecule has 0 bridgehead atoms. The van der Waals surface area contributed by atoms with E-state index in [1.165, 1.54) is 0 Å². The Morgan fingerprint density at radius 3 is 2.65 bits per heavy atom. The third-order valence-electron chi connectivity index (χ3n) is 2.33. The van der Waals surface area contributed by atoms with Crippen LogP contribution in [0.3, 0.4) is 0 Å². The minimum atomic E-state index is -4.33. The summed E-state index contributed by atoms with van der Waals surface area (Å²) in [6.45, 7) is 2.62. The number of benzene rings is 1. The molecule has 0 aliphatic rings. The summed E-state index contributed by atoms with van der Waals surface area (Å²) in [5.41, 5.74) is 0. The Labute approximate surface area is 116 Å². The zero-order valence-corrected chi connectivity index (χ0v) is 11.7. The molecule has 0 saturated heterocycles. The van der Waals surface area contributed by atoms with Gasteiger partial charge in [0, 0.05) is 25.7 Å². The van der Waals surface area contributed by atoms with Gasteiger partial charge >= 0.3 is 0 Å². The fourth-order valence-electron chi connectivity index (χ4n) is 1.43. The first-order valence-electron chi connectivity index (χ1n) is 5.95. The first-order valence-corrected chi connectivity index (χ1v) is 7.43. The van der Waals surface area contributed by atoms with Gasteiger partial charge in [-0.3, -0.25) is 4.79 Å². The maximum Gasteiger partial charge on any atom is 0.266 e. The smallest absolute Gasteiger partial charge is 0.266 e. The van der Waals surface area contributed by atoms with Gasteiger partial charge in [0.15, 0.2) is 0 Å². The monoisotopic (exact) mass is 307 g/mol. The summed E-state index contributed by atoms with van der Waals surface area (Å²) in [5, 5.41) is 0. The summed E-state index contributed by atoms with van der Waals surface area (Å²) >= 11 is 0. The molecule has 0 spiro atoms. The topological polar surface area (TPSA) is 72.5 Å². The standard InChI is InChI=1S/C12H15F2NO4S/c1-2-19-7-3-4-12(16)15-20(17,18)11-6-5-9(13)8-10(11)14/h5-6,8H,2-4,7H2,1H3,(H,15,16). The van der Waals surface area contributed by atoms with Gasteiger partial charge in [-0.1, -0.05) is 0 Å². The van der Waals surface area contributed by atoms with Crippen molar-refractivity contribution in [2.24, 2.45) is 0 Å². The van der Waals surface area contributed by atoms with Crippen molar-refractivity contribution in [3.63, 3.8) is 0 Å². The quantitative estimate of drug-likeness (QED) is 0.776. The normalized spacial score (nSPS) is 11.3. The van der Waals surface area contributed by atoms with Crippen molar-refractivity contribution in [2.75, 3.05) is 13.2 Å². The molecule has 1 rings (SSSR count). The molecule has 0 radical (unpaired) electrons. The second-order valence-electron chi connectivity index (χ2n) is 3.90. The molecule has 0 atom stereocenters. The van der Waals surface area contributed by atoms with Gasteiger partial charge in [0.05, 0.1) is 0 Å². The minimum absolute atomic E-state index is 0.0674. The first-order chi connectivity index (χ1) is 9.36. The Morgan fingerprint density at radius 2 is 2.05 bits per heavy atom. The van der Waals surface area contributed by atoms with E-state index in [4.69, 9.17) is 4.74 Å². The molecule has 1 aromatic rings. The van der Waals surface area contributed by atoms with Crippen LogP contribution in [0.4, 0.5) is 8.78 Å². The number of halogens is 2. The number of nitrogens with one attached hydrogen (secondary N) is 1.